The third kappa shape index (κ3) is 1.41. The second kappa shape index (κ2) is 2.64. The fraction of sp³-hybridized carbons (Fsp3) is 1.00. The van der Waals surface area contributed by atoms with Crippen LogP contribution in [0.25, 0.3) is 0 Å². The van der Waals surface area contributed by atoms with E-state index in [1.807, 2.05) is 0 Å². The molecule has 0 unspecified atom stereocenters. The van der Waals surface area contributed by atoms with Crippen LogP contribution in [0.4, 0.5) is 0 Å². The van der Waals surface area contributed by atoms with E-state index in [0.717, 1.165) is 6.42 Å². The molecule has 0 aliphatic heterocycles. The van der Waals surface area contributed by atoms with Gasteiger partial charge in [-0.25, -0.2) is 0 Å². The largest absolute Gasteiger partial charge is 0.390 e. The maximum absolute atomic E-state index is 8.95. The topological polar surface area (TPSA) is 60.7 Å². The van der Waals surface area contributed by atoms with Crippen molar-refractivity contribution in [3.63, 3.8) is 0 Å². The second-order valence-electron chi connectivity index (χ2n) is 2.56. The van der Waals surface area contributed by atoms with Crippen LogP contribution in [-0.2, 0) is 0 Å². The van der Waals surface area contributed by atoms with Gasteiger partial charge in [0.05, 0.1) is 12.2 Å². The van der Waals surface area contributed by atoms with Crippen molar-refractivity contribution in [2.75, 3.05) is 0 Å². The summed E-state index contributed by atoms with van der Waals surface area (Å²) in [6.07, 6.45) is -0.322. The number of rotatable bonds is 0. The summed E-state index contributed by atoms with van der Waals surface area (Å²) < 4.78 is 0. The Kier molecular flexibility index (Phi) is 2.05. The van der Waals surface area contributed by atoms with E-state index in [0.29, 0.717) is 12.8 Å². The van der Waals surface area contributed by atoms with Gasteiger partial charge in [0.15, 0.2) is 0 Å². The van der Waals surface area contributed by atoms with Gasteiger partial charge in [0, 0.05) is 0 Å². The Morgan fingerprint density at radius 3 is 1.67 bits per heavy atom. The van der Waals surface area contributed by atoms with E-state index < -0.39 is 18.3 Å². The molecule has 0 heterocycles. The van der Waals surface area contributed by atoms with Crippen molar-refractivity contribution >= 4 is 0 Å². The Morgan fingerprint density at radius 1 is 0.889 bits per heavy atom. The molecule has 0 bridgehead atoms. The highest BCUT2D eigenvalue weighted by Gasteiger charge is 2.28. The zero-order chi connectivity index (χ0) is 6.85. The zero-order valence-electron chi connectivity index (χ0n) is 5.20. The molecule has 0 saturated heterocycles. The summed E-state index contributed by atoms with van der Waals surface area (Å²) in [7, 11) is 0. The zero-order valence-corrected chi connectivity index (χ0v) is 5.20. The standard InChI is InChI=1S/C6H12O3/c7-4-2-1-3-5(8)6(4)9/h4-9H,1-3H2/t4-,5-/m1/s1. The number of hydrogen-bond donors (Lipinski definition) is 3. The molecule has 0 aromatic heterocycles. The molecule has 0 aromatic carbocycles. The maximum atomic E-state index is 8.95. The highest BCUT2D eigenvalue weighted by molar-refractivity contribution is 4.80. The molecule has 1 fully saturated rings. The van der Waals surface area contributed by atoms with Gasteiger partial charge in [-0.05, 0) is 19.3 Å². The Bertz CT molecular complexity index is 84.3. The van der Waals surface area contributed by atoms with Crippen molar-refractivity contribution in [2.45, 2.75) is 37.6 Å². The predicted molar refractivity (Wildman–Crippen MR) is 31.9 cm³/mol. The van der Waals surface area contributed by atoms with Crippen molar-refractivity contribution in [3.05, 3.63) is 0 Å². The van der Waals surface area contributed by atoms with Crippen LogP contribution in [0.3, 0.4) is 0 Å². The lowest BCUT2D eigenvalue weighted by molar-refractivity contribution is -0.0843. The van der Waals surface area contributed by atoms with Gasteiger partial charge in [-0.15, -0.1) is 0 Å². The van der Waals surface area contributed by atoms with E-state index in [1.165, 1.54) is 0 Å². The van der Waals surface area contributed by atoms with E-state index in [2.05, 4.69) is 0 Å². The number of aliphatic hydroxyl groups is 3. The van der Waals surface area contributed by atoms with Gasteiger partial charge in [0.25, 0.3) is 0 Å². The summed E-state index contributed by atoms with van der Waals surface area (Å²) in [6, 6.07) is 0. The Hall–Kier alpha value is -0.120. The third-order valence-corrected chi connectivity index (χ3v) is 1.79. The quantitative estimate of drug-likeness (QED) is 0.406. The molecule has 0 amide bonds. The molecular formula is C6H12O3. The van der Waals surface area contributed by atoms with E-state index >= 15 is 0 Å². The van der Waals surface area contributed by atoms with Crippen LogP contribution in [0, 0.1) is 0 Å². The van der Waals surface area contributed by atoms with E-state index in [1.54, 1.807) is 0 Å². The summed E-state index contributed by atoms with van der Waals surface area (Å²) in [5.41, 5.74) is 0. The molecule has 54 valence electrons. The first-order chi connectivity index (χ1) is 4.22. The van der Waals surface area contributed by atoms with Gasteiger partial charge < -0.3 is 15.3 Å². The van der Waals surface area contributed by atoms with Crippen molar-refractivity contribution in [2.24, 2.45) is 0 Å². The Labute approximate surface area is 53.9 Å². The summed E-state index contributed by atoms with van der Waals surface area (Å²) in [6.45, 7) is 0. The molecule has 1 saturated carbocycles. The lowest BCUT2D eigenvalue weighted by Crippen LogP contribution is -2.40. The SMILES string of the molecule is OC1[C@H](O)CCC[C@H]1O. The van der Waals surface area contributed by atoms with E-state index in [-0.39, 0.29) is 0 Å². The fourth-order valence-corrected chi connectivity index (χ4v) is 1.13. The highest BCUT2D eigenvalue weighted by Crippen LogP contribution is 2.18. The van der Waals surface area contributed by atoms with Crippen molar-refractivity contribution in [1.82, 2.24) is 0 Å². The van der Waals surface area contributed by atoms with Crippen LogP contribution < -0.4 is 0 Å². The Balaban J connectivity index is 2.41. The smallest absolute Gasteiger partial charge is 0.106 e. The molecule has 3 N–H and O–H groups in total. The van der Waals surface area contributed by atoms with Crippen LogP contribution in [0.1, 0.15) is 19.3 Å². The van der Waals surface area contributed by atoms with Crippen LogP contribution in [0.15, 0.2) is 0 Å². The minimum Gasteiger partial charge on any atom is -0.390 e. The van der Waals surface area contributed by atoms with Crippen molar-refractivity contribution in [3.8, 4) is 0 Å². The maximum Gasteiger partial charge on any atom is 0.106 e. The first-order valence-corrected chi connectivity index (χ1v) is 3.26. The molecular weight excluding hydrogens is 120 g/mol. The third-order valence-electron chi connectivity index (χ3n) is 1.79. The Morgan fingerprint density at radius 2 is 1.33 bits per heavy atom. The summed E-state index contributed by atoms with van der Waals surface area (Å²) in [5, 5.41) is 26.8. The number of hydrogen-bond acceptors (Lipinski definition) is 3. The van der Waals surface area contributed by atoms with Crippen molar-refractivity contribution in [1.29, 1.82) is 0 Å². The average molecular weight is 132 g/mol. The first kappa shape index (κ1) is 6.99. The van der Waals surface area contributed by atoms with Gasteiger partial charge in [0.1, 0.15) is 6.10 Å². The molecule has 1 aliphatic rings. The van der Waals surface area contributed by atoms with Crippen LogP contribution in [0.2, 0.25) is 0 Å². The second-order valence-corrected chi connectivity index (χ2v) is 2.56. The molecule has 0 radical (unpaired) electrons. The molecule has 3 nitrogen and oxygen atoms in total. The van der Waals surface area contributed by atoms with E-state index in [4.69, 9.17) is 15.3 Å². The van der Waals surface area contributed by atoms with Crippen LogP contribution in [0.5, 0.6) is 0 Å². The average Bonchev–Trinajstić information content (AvgIpc) is 1.83. The molecule has 1 aliphatic carbocycles. The lowest BCUT2D eigenvalue weighted by Gasteiger charge is -2.27. The molecule has 0 aromatic rings. The van der Waals surface area contributed by atoms with Crippen molar-refractivity contribution < 1.29 is 15.3 Å². The molecule has 0 spiro atoms. The van der Waals surface area contributed by atoms with Gasteiger partial charge in [-0.1, -0.05) is 0 Å². The van der Waals surface area contributed by atoms with Crippen LogP contribution >= 0.6 is 0 Å². The van der Waals surface area contributed by atoms with Gasteiger partial charge in [0.2, 0.25) is 0 Å². The fourth-order valence-electron chi connectivity index (χ4n) is 1.13. The van der Waals surface area contributed by atoms with Gasteiger partial charge in [-0.2, -0.15) is 0 Å². The highest BCUT2D eigenvalue weighted by atomic mass is 16.4. The molecule has 2 atom stereocenters. The monoisotopic (exact) mass is 132 g/mol. The minimum absolute atomic E-state index is 0.609. The van der Waals surface area contributed by atoms with Crippen LogP contribution in [-0.4, -0.2) is 33.6 Å². The van der Waals surface area contributed by atoms with Gasteiger partial charge >= 0.3 is 0 Å². The normalized spacial score (nSPS) is 39.0. The summed E-state index contributed by atoms with van der Waals surface area (Å²) in [5.74, 6) is 0. The lowest BCUT2D eigenvalue weighted by atomic mass is 9.92. The number of aliphatic hydroxyl groups excluding tert-OH is 3. The molecule has 9 heavy (non-hydrogen) atoms. The van der Waals surface area contributed by atoms with Gasteiger partial charge in [-0.3, -0.25) is 0 Å². The predicted octanol–water partition coefficient (Wildman–Crippen LogP) is -0.747. The summed E-state index contributed by atoms with van der Waals surface area (Å²) >= 11 is 0. The molecule has 3 heteroatoms. The minimum atomic E-state index is -0.918. The molecule has 1 rings (SSSR count). The summed E-state index contributed by atoms with van der Waals surface area (Å²) in [4.78, 5) is 0. The first-order valence-electron chi connectivity index (χ1n) is 3.26. The van der Waals surface area contributed by atoms with E-state index in [9.17, 15) is 0 Å².